The second-order valence-electron chi connectivity index (χ2n) is 18.1. The zero-order valence-electron chi connectivity index (χ0n) is 42.1. The Kier molecular flexibility index (Phi) is 24.3. The van der Waals surface area contributed by atoms with Crippen molar-refractivity contribution in [2.24, 2.45) is 10.8 Å². The van der Waals surface area contributed by atoms with Gasteiger partial charge in [0.25, 0.3) is 11.1 Å². The zero-order valence-corrected chi connectivity index (χ0v) is 45.9. The van der Waals surface area contributed by atoms with E-state index >= 15 is 0 Å². The lowest BCUT2D eigenvalue weighted by molar-refractivity contribution is -0.156. The van der Waals surface area contributed by atoms with Crippen LogP contribution in [-0.2, 0) is 51.0 Å². The first-order valence-electron chi connectivity index (χ1n) is 23.8. The van der Waals surface area contributed by atoms with Gasteiger partial charge in [0.05, 0.1) is 56.3 Å². The van der Waals surface area contributed by atoms with Crippen LogP contribution in [0.2, 0.25) is 20.1 Å². The van der Waals surface area contributed by atoms with Crippen molar-refractivity contribution >= 4 is 104 Å². The SMILES string of the molecule is COCCC1(C(=O)N(C)[C@@H](Cc2ccc(N)cc2)C(=O)OC)CCCC1.COCCC1(C(=O)N(C)[C@@H](Cc2ccc(NC(=O)c3c(Cl)cccc3Cl)cc2)C(=O)OC)CCCC1.O=C(Cl)c1c(Cl)cccc1Cl. The normalized spacial score (nSPS) is 15.0. The molecule has 3 N–H and O–H groups in total. The summed E-state index contributed by atoms with van der Waals surface area (Å²) in [7, 11) is 9.32. The Morgan fingerprint density at radius 1 is 0.575 bits per heavy atom. The van der Waals surface area contributed by atoms with E-state index in [1.807, 2.05) is 12.1 Å². The molecule has 4 aromatic carbocycles. The second-order valence-corrected chi connectivity index (χ2v) is 20.1. The molecule has 2 atom stereocenters. The maximum absolute atomic E-state index is 13.6. The molecular formula is C54H65Cl5N4O10. The third kappa shape index (κ3) is 16.5. The number of benzene rings is 4. The van der Waals surface area contributed by atoms with Gasteiger partial charge in [-0.3, -0.25) is 19.2 Å². The van der Waals surface area contributed by atoms with Crippen molar-refractivity contribution in [3.63, 3.8) is 0 Å². The van der Waals surface area contributed by atoms with E-state index in [4.69, 9.17) is 82.7 Å². The summed E-state index contributed by atoms with van der Waals surface area (Å²) in [4.78, 5) is 78.4. The van der Waals surface area contributed by atoms with Crippen LogP contribution in [0.15, 0.2) is 84.9 Å². The summed E-state index contributed by atoms with van der Waals surface area (Å²) in [6.45, 7) is 1.04. The summed E-state index contributed by atoms with van der Waals surface area (Å²) in [6, 6.07) is 22.6. The Bertz CT molecular complexity index is 2460. The molecule has 2 aliphatic carbocycles. The fourth-order valence-electron chi connectivity index (χ4n) is 9.32. The summed E-state index contributed by atoms with van der Waals surface area (Å²) in [5, 5.41) is 3.21. The highest BCUT2D eigenvalue weighted by Gasteiger charge is 2.46. The molecule has 0 aromatic heterocycles. The van der Waals surface area contributed by atoms with E-state index in [1.54, 1.807) is 106 Å². The van der Waals surface area contributed by atoms with Crippen LogP contribution < -0.4 is 11.1 Å². The Labute approximate surface area is 453 Å². The third-order valence-corrected chi connectivity index (χ3v) is 15.0. The number of rotatable bonds is 19. The Morgan fingerprint density at radius 2 is 0.932 bits per heavy atom. The summed E-state index contributed by atoms with van der Waals surface area (Å²) in [5.74, 6) is -1.34. The molecule has 2 aliphatic rings. The molecule has 2 fully saturated rings. The van der Waals surface area contributed by atoms with Gasteiger partial charge in [-0.15, -0.1) is 0 Å². The number of nitrogen functional groups attached to an aromatic ring is 1. The number of carbonyl (C=O) groups excluding carboxylic acids is 6. The first-order valence-corrected chi connectivity index (χ1v) is 25.7. The number of esters is 2. The standard InChI is InChI=1S/C27H32Cl2N2O5.C20H30N2O4.C7H3Cl3O/c1-31(26(34)27(15-16-35-2)13-4-5-14-27)22(25(33)36-3)17-18-9-11-19(12-10-18)30-24(32)23-20(28)7-6-8-21(23)29;1-22(19(24)20(12-13-25-2)10-4-5-11-20)17(18(23)26-3)14-15-6-8-16(21)9-7-15;8-4-2-1-3-5(9)6(4)7(10)11/h6-12,22H,4-5,13-17H2,1-3H3,(H,30,32);6-9,17H,4-5,10-14,21H2,1-3H3;1-3H/t22-;17-;/m00./s1. The van der Waals surface area contributed by atoms with E-state index in [0.29, 0.717) is 43.9 Å². The molecule has 0 heterocycles. The average molecular weight is 1110 g/mol. The van der Waals surface area contributed by atoms with Gasteiger partial charge < -0.3 is 39.8 Å². The van der Waals surface area contributed by atoms with Crippen LogP contribution in [0.25, 0.3) is 0 Å². The van der Waals surface area contributed by atoms with Crippen LogP contribution in [0, 0.1) is 10.8 Å². The van der Waals surface area contributed by atoms with Crippen molar-refractivity contribution in [2.45, 2.75) is 89.1 Å². The Balaban J connectivity index is 0.000000270. The molecule has 4 aromatic rings. The molecule has 0 unspecified atom stereocenters. The Morgan fingerprint density at radius 3 is 1.26 bits per heavy atom. The van der Waals surface area contributed by atoms with Crippen LogP contribution in [-0.4, -0.2) is 113 Å². The molecule has 0 bridgehead atoms. The molecular weight excluding hydrogens is 1040 g/mol. The van der Waals surface area contributed by atoms with Gasteiger partial charge in [-0.2, -0.15) is 0 Å². The second kappa shape index (κ2) is 29.2. The van der Waals surface area contributed by atoms with Crippen LogP contribution in [0.4, 0.5) is 11.4 Å². The number of methoxy groups -OCH3 is 4. The number of nitrogens with zero attached hydrogens (tertiary/aromatic N) is 2. The van der Waals surface area contributed by atoms with E-state index in [1.165, 1.54) is 19.1 Å². The van der Waals surface area contributed by atoms with Crippen molar-refractivity contribution in [1.29, 1.82) is 0 Å². The van der Waals surface area contributed by atoms with Crippen LogP contribution in [0.3, 0.4) is 0 Å². The average Bonchev–Trinajstić information content (AvgIpc) is 4.08. The van der Waals surface area contributed by atoms with E-state index < -0.39 is 46.0 Å². The minimum absolute atomic E-state index is 0.0119. The highest BCUT2D eigenvalue weighted by atomic mass is 35.5. The number of hydrogen-bond acceptors (Lipinski definition) is 11. The van der Waals surface area contributed by atoms with Crippen molar-refractivity contribution < 1.29 is 47.7 Å². The lowest BCUT2D eigenvalue weighted by Gasteiger charge is -2.35. The minimum Gasteiger partial charge on any atom is -0.467 e. The number of carbonyl (C=O) groups is 6. The summed E-state index contributed by atoms with van der Waals surface area (Å²) >= 11 is 28.7. The molecule has 19 heteroatoms. The number of ether oxygens (including phenoxy) is 4. The first-order chi connectivity index (χ1) is 34.8. The molecule has 3 amide bonds. The van der Waals surface area contributed by atoms with Gasteiger partial charge in [0, 0.05) is 65.7 Å². The zero-order chi connectivity index (χ0) is 53.9. The van der Waals surface area contributed by atoms with E-state index in [2.05, 4.69) is 5.32 Å². The number of nitrogens with one attached hydrogen (secondary N) is 1. The van der Waals surface area contributed by atoms with E-state index in [-0.39, 0.29) is 49.5 Å². The highest BCUT2D eigenvalue weighted by molar-refractivity contribution is 6.70. The number of halogens is 5. The predicted molar refractivity (Wildman–Crippen MR) is 288 cm³/mol. The van der Waals surface area contributed by atoms with Gasteiger partial charge in [0.2, 0.25) is 11.8 Å². The topological polar surface area (TPSA) is 184 Å². The molecule has 0 radical (unpaired) electrons. The quantitative estimate of drug-likeness (QED) is 0.0517. The maximum Gasteiger partial charge on any atom is 0.328 e. The molecule has 0 spiro atoms. The van der Waals surface area contributed by atoms with Crippen molar-refractivity contribution in [3.05, 3.63) is 127 Å². The molecule has 73 heavy (non-hydrogen) atoms. The number of amides is 3. The number of anilines is 2. The first kappa shape index (κ1) is 60.6. The summed E-state index contributed by atoms with van der Waals surface area (Å²) in [5.41, 5.74) is 8.11. The van der Waals surface area contributed by atoms with Crippen molar-refractivity contribution in [2.75, 3.05) is 66.8 Å². The molecule has 396 valence electrons. The number of nitrogens with two attached hydrogens (primary N) is 1. The third-order valence-electron chi connectivity index (χ3n) is 13.5. The molecule has 0 aliphatic heterocycles. The van der Waals surface area contributed by atoms with Crippen LogP contribution in [0.1, 0.15) is 96.1 Å². The molecule has 6 rings (SSSR count). The monoisotopic (exact) mass is 1100 g/mol. The van der Waals surface area contributed by atoms with Crippen molar-refractivity contribution in [3.8, 4) is 0 Å². The van der Waals surface area contributed by atoms with E-state index in [9.17, 15) is 28.8 Å². The fourth-order valence-corrected chi connectivity index (χ4v) is 10.8. The van der Waals surface area contributed by atoms with Crippen molar-refractivity contribution in [1.82, 2.24) is 9.80 Å². The van der Waals surface area contributed by atoms with E-state index in [0.717, 1.165) is 62.5 Å². The van der Waals surface area contributed by atoms with Gasteiger partial charge in [-0.25, -0.2) is 9.59 Å². The maximum atomic E-state index is 13.6. The fraction of sp³-hybridized carbons (Fsp3) is 0.444. The molecule has 0 saturated heterocycles. The largest absolute Gasteiger partial charge is 0.467 e. The highest BCUT2D eigenvalue weighted by Crippen LogP contribution is 2.44. The summed E-state index contributed by atoms with van der Waals surface area (Å²) < 4.78 is 20.5. The minimum atomic E-state index is -0.773. The summed E-state index contributed by atoms with van der Waals surface area (Å²) in [6.07, 6.45) is 9.28. The Hall–Kier alpha value is -4.93. The van der Waals surface area contributed by atoms with Gasteiger partial charge in [0.1, 0.15) is 12.1 Å². The number of likely N-dealkylation sites (N-methyl/N-ethyl adjacent to an activating group) is 2. The van der Waals surface area contributed by atoms with Crippen LogP contribution in [0.5, 0.6) is 0 Å². The number of hydrogen-bond donors (Lipinski definition) is 2. The van der Waals surface area contributed by atoms with Gasteiger partial charge >= 0.3 is 11.9 Å². The van der Waals surface area contributed by atoms with Gasteiger partial charge in [-0.1, -0.05) is 108 Å². The smallest absolute Gasteiger partial charge is 0.328 e. The van der Waals surface area contributed by atoms with Gasteiger partial charge in [0.15, 0.2) is 0 Å². The lowest BCUT2D eigenvalue weighted by atomic mass is 9.81. The van der Waals surface area contributed by atoms with Gasteiger partial charge in [-0.05, 0) is 110 Å². The van der Waals surface area contributed by atoms with Crippen LogP contribution >= 0.6 is 58.0 Å². The lowest BCUT2D eigenvalue weighted by Crippen LogP contribution is -2.50. The molecule has 2 saturated carbocycles. The molecule has 14 nitrogen and oxygen atoms in total. The predicted octanol–water partition coefficient (Wildman–Crippen LogP) is 11.2.